The van der Waals surface area contributed by atoms with Crippen molar-refractivity contribution in [2.24, 2.45) is 11.5 Å². The molecule has 15 heteroatoms. The van der Waals surface area contributed by atoms with Gasteiger partial charge in [0.15, 0.2) is 16.8 Å². The number of carboxylic acids is 2. The maximum absolute atomic E-state index is 12.4. The first kappa shape index (κ1) is 24.0. The standard InChI is InChI=1S/C19H21N9O6/c20-18-27-13-12(15(30)28-18)25-10(7-24-13)6-23-9-3-1-8(2-4-9)14(29)26-11(16(31)32)5-19(21,22)17(33)34/h1-4,7,11,23H,5-6,21-22H2,(H,26,29)(H,31,32)(H,33,34)(H3,20,24,27,28,30)/t11-/m0/s1. The molecular weight excluding hydrogens is 450 g/mol. The van der Waals surface area contributed by atoms with Gasteiger partial charge in [-0.05, 0) is 24.3 Å². The summed E-state index contributed by atoms with van der Waals surface area (Å²) in [5, 5.41) is 23.5. The zero-order chi connectivity index (χ0) is 25.0. The average molecular weight is 471 g/mol. The van der Waals surface area contributed by atoms with Gasteiger partial charge in [-0.25, -0.2) is 19.6 Å². The lowest BCUT2D eigenvalue weighted by molar-refractivity contribution is -0.145. The molecule has 1 atom stereocenters. The quantitative estimate of drug-likeness (QED) is 0.160. The predicted octanol–water partition coefficient (Wildman–Crippen LogP) is -1.82. The molecule has 3 aromatic rings. The molecule has 0 spiro atoms. The minimum Gasteiger partial charge on any atom is -0.480 e. The van der Waals surface area contributed by atoms with Crippen LogP contribution >= 0.6 is 0 Å². The van der Waals surface area contributed by atoms with Gasteiger partial charge in [0.1, 0.15) is 6.04 Å². The number of amides is 1. The number of hydrogen-bond donors (Lipinski definition) is 8. The van der Waals surface area contributed by atoms with Crippen LogP contribution in [-0.2, 0) is 16.1 Å². The third-order valence-electron chi connectivity index (χ3n) is 4.65. The molecule has 15 nitrogen and oxygen atoms in total. The van der Waals surface area contributed by atoms with Crippen molar-refractivity contribution in [2.75, 3.05) is 11.1 Å². The third kappa shape index (κ3) is 5.59. The minimum absolute atomic E-state index is 0.0374. The fourth-order valence-electron chi connectivity index (χ4n) is 2.85. The number of fused-ring (bicyclic) bond motifs is 1. The van der Waals surface area contributed by atoms with Crippen molar-refractivity contribution in [1.29, 1.82) is 0 Å². The number of carboxylic acid groups (broad SMARTS) is 2. The highest BCUT2D eigenvalue weighted by atomic mass is 16.4. The van der Waals surface area contributed by atoms with Crippen LogP contribution in [0.4, 0.5) is 11.6 Å². The summed E-state index contributed by atoms with van der Waals surface area (Å²) in [7, 11) is 0. The van der Waals surface area contributed by atoms with E-state index in [-0.39, 0.29) is 29.2 Å². The number of rotatable bonds is 9. The van der Waals surface area contributed by atoms with Gasteiger partial charge >= 0.3 is 11.9 Å². The molecule has 2 heterocycles. The third-order valence-corrected chi connectivity index (χ3v) is 4.65. The lowest BCUT2D eigenvalue weighted by Gasteiger charge is -2.24. The normalized spacial score (nSPS) is 12.2. The van der Waals surface area contributed by atoms with E-state index in [0.717, 1.165) is 0 Å². The highest BCUT2D eigenvalue weighted by Crippen LogP contribution is 2.13. The van der Waals surface area contributed by atoms with Gasteiger partial charge in [0, 0.05) is 17.7 Å². The maximum Gasteiger partial charge on any atom is 0.338 e. The largest absolute Gasteiger partial charge is 0.480 e. The summed E-state index contributed by atoms with van der Waals surface area (Å²) < 4.78 is 0. The first-order chi connectivity index (χ1) is 16.0. The number of hydrogen-bond acceptors (Lipinski definition) is 11. The number of anilines is 2. The number of benzene rings is 1. The van der Waals surface area contributed by atoms with Crippen molar-refractivity contribution in [1.82, 2.24) is 25.3 Å². The Morgan fingerprint density at radius 2 is 1.79 bits per heavy atom. The molecule has 0 fully saturated rings. The second kappa shape index (κ2) is 9.47. The smallest absolute Gasteiger partial charge is 0.338 e. The van der Waals surface area contributed by atoms with E-state index in [2.05, 4.69) is 30.6 Å². The van der Waals surface area contributed by atoms with Crippen LogP contribution < -0.4 is 33.4 Å². The molecule has 0 aliphatic heterocycles. The van der Waals surface area contributed by atoms with Gasteiger partial charge in [0.25, 0.3) is 11.5 Å². The molecular formula is C19H21N9O6. The van der Waals surface area contributed by atoms with E-state index < -0.39 is 41.5 Å². The van der Waals surface area contributed by atoms with Crippen LogP contribution in [-0.4, -0.2) is 59.7 Å². The van der Waals surface area contributed by atoms with Gasteiger partial charge in [0.2, 0.25) is 5.95 Å². The van der Waals surface area contributed by atoms with Crippen LogP contribution in [0.25, 0.3) is 11.2 Å². The van der Waals surface area contributed by atoms with Crippen LogP contribution in [0.15, 0.2) is 35.3 Å². The molecule has 0 bridgehead atoms. The molecule has 0 aliphatic carbocycles. The van der Waals surface area contributed by atoms with E-state index >= 15 is 0 Å². The number of nitrogens with one attached hydrogen (secondary N) is 3. The van der Waals surface area contributed by atoms with Gasteiger partial charge in [-0.2, -0.15) is 4.98 Å². The molecule has 1 aromatic carbocycles. The zero-order valence-electron chi connectivity index (χ0n) is 17.5. The van der Waals surface area contributed by atoms with Crippen LogP contribution in [0.3, 0.4) is 0 Å². The van der Waals surface area contributed by atoms with Gasteiger partial charge in [-0.1, -0.05) is 0 Å². The Labute approximate surface area is 190 Å². The summed E-state index contributed by atoms with van der Waals surface area (Å²) in [5.41, 5.74) is 14.7. The Morgan fingerprint density at radius 1 is 1.12 bits per heavy atom. The highest BCUT2D eigenvalue weighted by Gasteiger charge is 2.36. The number of aromatic nitrogens is 4. The summed E-state index contributed by atoms with van der Waals surface area (Å²) in [6.07, 6.45) is 0.710. The number of carbonyl (C=O) groups is 3. The second-order valence-corrected chi connectivity index (χ2v) is 7.33. The number of nitrogens with two attached hydrogens (primary N) is 3. The molecule has 1 amide bonds. The number of carbonyl (C=O) groups excluding carboxylic acids is 1. The van der Waals surface area contributed by atoms with Gasteiger partial charge in [0.05, 0.1) is 18.4 Å². The molecule has 34 heavy (non-hydrogen) atoms. The molecule has 11 N–H and O–H groups in total. The molecule has 0 saturated carbocycles. The van der Waals surface area contributed by atoms with Crippen LogP contribution in [0.1, 0.15) is 22.5 Å². The molecule has 178 valence electrons. The average Bonchev–Trinajstić information content (AvgIpc) is 2.77. The van der Waals surface area contributed by atoms with Crippen LogP contribution in [0.2, 0.25) is 0 Å². The lowest BCUT2D eigenvalue weighted by Crippen LogP contribution is -2.61. The monoisotopic (exact) mass is 471 g/mol. The minimum atomic E-state index is -2.33. The van der Waals surface area contributed by atoms with E-state index in [9.17, 15) is 24.3 Å². The second-order valence-electron chi connectivity index (χ2n) is 7.33. The molecule has 0 unspecified atom stereocenters. The molecule has 2 aromatic heterocycles. The number of H-pyrrole nitrogens is 1. The van der Waals surface area contributed by atoms with Crippen molar-refractivity contribution in [2.45, 2.75) is 24.7 Å². The number of aromatic amines is 1. The molecule has 0 aliphatic rings. The maximum atomic E-state index is 12.4. The van der Waals surface area contributed by atoms with Gasteiger partial charge in [-0.15, -0.1) is 0 Å². The first-order valence-corrected chi connectivity index (χ1v) is 9.66. The Hall–Kier alpha value is -4.63. The Kier molecular flexibility index (Phi) is 6.69. The fraction of sp³-hybridized carbons (Fsp3) is 0.211. The van der Waals surface area contributed by atoms with E-state index in [1.165, 1.54) is 18.3 Å². The number of nitrogen functional groups attached to an aromatic ring is 1. The van der Waals surface area contributed by atoms with Gasteiger partial charge < -0.3 is 38.0 Å². The summed E-state index contributed by atoms with van der Waals surface area (Å²) in [4.78, 5) is 61.3. The Bertz CT molecular complexity index is 1310. The summed E-state index contributed by atoms with van der Waals surface area (Å²) in [6.45, 7) is 0.198. The van der Waals surface area contributed by atoms with Crippen molar-refractivity contribution in [3.63, 3.8) is 0 Å². The number of aliphatic carboxylic acids is 2. The zero-order valence-corrected chi connectivity index (χ0v) is 17.5. The van der Waals surface area contributed by atoms with E-state index in [0.29, 0.717) is 11.4 Å². The Balaban J connectivity index is 1.64. The lowest BCUT2D eigenvalue weighted by atomic mass is 10.0. The van der Waals surface area contributed by atoms with Crippen LogP contribution in [0, 0.1) is 0 Å². The van der Waals surface area contributed by atoms with Gasteiger partial charge in [-0.3, -0.25) is 14.6 Å². The van der Waals surface area contributed by atoms with E-state index in [1.54, 1.807) is 12.1 Å². The summed E-state index contributed by atoms with van der Waals surface area (Å²) in [6, 6.07) is 4.35. The predicted molar refractivity (Wildman–Crippen MR) is 118 cm³/mol. The van der Waals surface area contributed by atoms with Crippen molar-refractivity contribution < 1.29 is 24.6 Å². The number of nitrogens with zero attached hydrogens (tertiary/aromatic N) is 3. The fourth-order valence-corrected chi connectivity index (χ4v) is 2.85. The highest BCUT2D eigenvalue weighted by molar-refractivity contribution is 5.97. The summed E-state index contributed by atoms with van der Waals surface area (Å²) in [5.74, 6) is -3.92. The molecule has 3 rings (SSSR count). The molecule has 0 radical (unpaired) electrons. The van der Waals surface area contributed by atoms with Crippen molar-refractivity contribution in [3.05, 3.63) is 52.1 Å². The SMILES string of the molecule is Nc1nc2ncc(CNc3ccc(C(=O)N[C@@H](CC(N)(N)C(=O)O)C(=O)O)cc3)nc2c(=O)[nH]1. The van der Waals surface area contributed by atoms with Crippen molar-refractivity contribution in [3.8, 4) is 0 Å². The van der Waals surface area contributed by atoms with Crippen LogP contribution in [0.5, 0.6) is 0 Å². The van der Waals surface area contributed by atoms with Crippen molar-refractivity contribution >= 4 is 40.6 Å². The van der Waals surface area contributed by atoms with E-state index in [1.807, 2.05) is 0 Å². The first-order valence-electron chi connectivity index (χ1n) is 9.66. The topological polar surface area (TPSA) is 265 Å². The molecule has 0 saturated heterocycles. The van der Waals surface area contributed by atoms with E-state index in [4.69, 9.17) is 22.3 Å². The summed E-state index contributed by atoms with van der Waals surface area (Å²) >= 11 is 0. The Morgan fingerprint density at radius 3 is 2.41 bits per heavy atom.